The van der Waals surface area contributed by atoms with Crippen LogP contribution in [0.1, 0.15) is 26.0 Å². The Labute approximate surface area is 108 Å². The van der Waals surface area contributed by atoms with Gasteiger partial charge in [-0.2, -0.15) is 0 Å². The second-order valence-electron chi connectivity index (χ2n) is 5.50. The van der Waals surface area contributed by atoms with Gasteiger partial charge in [0.1, 0.15) is 0 Å². The third-order valence-electron chi connectivity index (χ3n) is 3.64. The first kappa shape index (κ1) is 13.3. The Morgan fingerprint density at radius 3 is 2.72 bits per heavy atom. The van der Waals surface area contributed by atoms with Gasteiger partial charge in [0.15, 0.2) is 6.29 Å². The average molecular weight is 250 g/mol. The number of hydrogen-bond donors (Lipinski definition) is 1. The first-order valence-electron chi connectivity index (χ1n) is 6.31. The van der Waals surface area contributed by atoms with E-state index < -0.39 is 0 Å². The first-order chi connectivity index (χ1) is 8.56. The molecule has 0 amide bonds. The summed E-state index contributed by atoms with van der Waals surface area (Å²) in [6, 6.07) is 4.40. The van der Waals surface area contributed by atoms with E-state index >= 15 is 0 Å². The van der Waals surface area contributed by atoms with E-state index in [4.69, 9.17) is 14.5 Å². The molecule has 1 atom stereocenters. The van der Waals surface area contributed by atoms with E-state index in [1.54, 1.807) is 14.2 Å². The zero-order chi connectivity index (χ0) is 13.2. The molecule has 1 aromatic heterocycles. The summed E-state index contributed by atoms with van der Waals surface area (Å²) in [5, 5.41) is 0. The van der Waals surface area contributed by atoms with Gasteiger partial charge in [0.25, 0.3) is 0 Å². The van der Waals surface area contributed by atoms with E-state index in [0.29, 0.717) is 0 Å². The molecule has 2 rings (SSSR count). The quantitative estimate of drug-likeness (QED) is 0.816. The fraction of sp³-hybridized carbons (Fsp3) is 0.643. The fourth-order valence-corrected chi connectivity index (χ4v) is 2.54. The lowest BCUT2D eigenvalue weighted by atomic mass is 9.81. The topological polar surface area (TPSA) is 46.6 Å². The van der Waals surface area contributed by atoms with Crippen molar-refractivity contribution < 1.29 is 9.47 Å². The smallest absolute Gasteiger partial charge is 0.196 e. The van der Waals surface area contributed by atoms with Crippen LogP contribution in [0.2, 0.25) is 0 Å². The summed E-state index contributed by atoms with van der Waals surface area (Å²) in [5.74, 6) is 0. The van der Waals surface area contributed by atoms with Crippen molar-refractivity contribution in [2.75, 3.05) is 14.2 Å². The van der Waals surface area contributed by atoms with Crippen LogP contribution in [0.3, 0.4) is 0 Å². The molecule has 1 aromatic rings. The van der Waals surface area contributed by atoms with Crippen molar-refractivity contribution in [3.63, 3.8) is 0 Å². The zero-order valence-electron chi connectivity index (χ0n) is 11.6. The molecular weight excluding hydrogens is 228 g/mol. The molecule has 0 saturated carbocycles. The van der Waals surface area contributed by atoms with Crippen LogP contribution in [0.25, 0.3) is 0 Å². The lowest BCUT2D eigenvalue weighted by Gasteiger charge is -2.25. The lowest BCUT2D eigenvalue weighted by molar-refractivity contribution is -0.0532. The van der Waals surface area contributed by atoms with Crippen molar-refractivity contribution in [3.05, 3.63) is 24.0 Å². The number of H-pyrrole nitrogens is 1. The molecule has 0 bridgehead atoms. The summed E-state index contributed by atoms with van der Waals surface area (Å²) >= 11 is 0. The van der Waals surface area contributed by atoms with Gasteiger partial charge in [-0.15, -0.1) is 0 Å². The van der Waals surface area contributed by atoms with Crippen molar-refractivity contribution >= 4 is 5.71 Å². The largest absolute Gasteiger partial charge is 0.365 e. The molecule has 1 unspecified atom stereocenters. The van der Waals surface area contributed by atoms with Gasteiger partial charge in [-0.1, -0.05) is 13.8 Å². The first-order valence-corrected chi connectivity index (χ1v) is 6.31. The molecule has 1 aliphatic heterocycles. The van der Waals surface area contributed by atoms with Crippen LogP contribution in [0, 0.1) is 5.41 Å². The minimum atomic E-state index is -0.307. The summed E-state index contributed by atoms with van der Waals surface area (Å²) < 4.78 is 10.6. The highest BCUT2D eigenvalue weighted by molar-refractivity contribution is 5.90. The number of nitrogens with zero attached hydrogens (tertiary/aromatic N) is 1. The Hall–Kier alpha value is -1.13. The molecule has 0 fully saturated rings. The summed E-state index contributed by atoms with van der Waals surface area (Å²) in [6.07, 6.45) is 3.50. The average Bonchev–Trinajstić information content (AvgIpc) is 2.90. The highest BCUT2D eigenvalue weighted by Gasteiger charge is 2.39. The van der Waals surface area contributed by atoms with Gasteiger partial charge < -0.3 is 14.5 Å². The fourth-order valence-electron chi connectivity index (χ4n) is 2.54. The molecule has 4 nitrogen and oxygen atoms in total. The molecule has 2 heterocycles. The molecule has 0 saturated heterocycles. The van der Waals surface area contributed by atoms with Crippen LogP contribution in [-0.4, -0.2) is 37.2 Å². The summed E-state index contributed by atoms with van der Waals surface area (Å²) in [7, 11) is 3.31. The third-order valence-corrected chi connectivity index (χ3v) is 3.64. The maximum atomic E-state index is 5.30. The van der Waals surface area contributed by atoms with Crippen molar-refractivity contribution in [1.82, 2.24) is 4.98 Å². The van der Waals surface area contributed by atoms with Gasteiger partial charge in [0.2, 0.25) is 0 Å². The number of rotatable bonds is 5. The van der Waals surface area contributed by atoms with E-state index in [-0.39, 0.29) is 17.7 Å². The van der Waals surface area contributed by atoms with Gasteiger partial charge in [0, 0.05) is 32.5 Å². The minimum absolute atomic E-state index is 0.149. The summed E-state index contributed by atoms with van der Waals surface area (Å²) in [5.41, 5.74) is 2.39. The number of nitrogens with one attached hydrogen (secondary N) is 1. The molecule has 0 aliphatic carbocycles. The molecule has 0 radical (unpaired) electrons. The van der Waals surface area contributed by atoms with E-state index in [2.05, 4.69) is 24.9 Å². The van der Waals surface area contributed by atoms with Crippen LogP contribution >= 0.6 is 0 Å². The van der Waals surface area contributed by atoms with Crippen molar-refractivity contribution in [3.8, 4) is 0 Å². The van der Waals surface area contributed by atoms with Gasteiger partial charge in [-0.3, -0.25) is 4.99 Å². The Balaban J connectivity index is 2.13. The van der Waals surface area contributed by atoms with E-state index in [1.807, 2.05) is 12.3 Å². The number of ether oxygens (including phenoxy) is 2. The zero-order valence-corrected chi connectivity index (χ0v) is 11.6. The number of aliphatic imine (C=N–C) groups is 1. The Kier molecular flexibility index (Phi) is 3.88. The maximum Gasteiger partial charge on any atom is 0.196 e. The van der Waals surface area contributed by atoms with E-state index in [1.165, 1.54) is 5.69 Å². The lowest BCUT2D eigenvalue weighted by Crippen LogP contribution is -2.28. The maximum absolute atomic E-state index is 5.30. The number of hydrogen-bond acceptors (Lipinski definition) is 3. The van der Waals surface area contributed by atoms with Gasteiger partial charge in [-0.05, 0) is 24.0 Å². The SMILES string of the molecule is COC(OC)C1=NC(Cc2ccc[nH]2)C(C)(C)C1. The van der Waals surface area contributed by atoms with Gasteiger partial charge in [-0.25, -0.2) is 0 Å². The molecule has 100 valence electrons. The van der Waals surface area contributed by atoms with Crippen LogP contribution in [0.4, 0.5) is 0 Å². The standard InChI is InChI=1S/C14H22N2O2/c1-14(2)9-11(13(17-3)18-4)16-12(14)8-10-6-5-7-15-10/h5-7,12-13,15H,8-9H2,1-4H3. The van der Waals surface area contributed by atoms with Crippen molar-refractivity contribution in [2.45, 2.75) is 39.0 Å². The monoisotopic (exact) mass is 250 g/mol. The predicted molar refractivity (Wildman–Crippen MR) is 71.9 cm³/mol. The van der Waals surface area contributed by atoms with Crippen LogP contribution in [0.15, 0.2) is 23.3 Å². The van der Waals surface area contributed by atoms with Crippen molar-refractivity contribution in [2.24, 2.45) is 10.4 Å². The van der Waals surface area contributed by atoms with Gasteiger partial charge in [0.05, 0.1) is 11.8 Å². The Morgan fingerprint density at radius 2 is 2.17 bits per heavy atom. The summed E-state index contributed by atoms with van der Waals surface area (Å²) in [4.78, 5) is 8.05. The Morgan fingerprint density at radius 1 is 1.44 bits per heavy atom. The molecule has 18 heavy (non-hydrogen) atoms. The number of aromatic nitrogens is 1. The molecular formula is C14H22N2O2. The molecule has 1 aliphatic rings. The van der Waals surface area contributed by atoms with Crippen LogP contribution in [0.5, 0.6) is 0 Å². The Bertz CT molecular complexity index is 405. The second-order valence-corrected chi connectivity index (χ2v) is 5.50. The van der Waals surface area contributed by atoms with Crippen LogP contribution < -0.4 is 0 Å². The van der Waals surface area contributed by atoms with Crippen molar-refractivity contribution in [1.29, 1.82) is 0 Å². The second kappa shape index (κ2) is 5.24. The molecule has 4 heteroatoms. The minimum Gasteiger partial charge on any atom is -0.365 e. The van der Waals surface area contributed by atoms with Gasteiger partial charge >= 0.3 is 0 Å². The molecule has 1 N–H and O–H groups in total. The van der Waals surface area contributed by atoms with Crippen LogP contribution in [-0.2, 0) is 15.9 Å². The summed E-state index contributed by atoms with van der Waals surface area (Å²) in [6.45, 7) is 4.50. The third kappa shape index (κ3) is 2.65. The predicted octanol–water partition coefficient (Wildman–Crippen LogP) is 2.42. The molecule has 0 spiro atoms. The normalized spacial score (nSPS) is 22.5. The van der Waals surface area contributed by atoms with E-state index in [0.717, 1.165) is 18.6 Å². The highest BCUT2D eigenvalue weighted by Crippen LogP contribution is 2.37. The number of methoxy groups -OCH3 is 2. The highest BCUT2D eigenvalue weighted by atomic mass is 16.7. The van der Waals surface area contributed by atoms with E-state index in [9.17, 15) is 0 Å². The number of aromatic amines is 1. The molecule has 0 aromatic carbocycles.